The van der Waals surface area contributed by atoms with Gasteiger partial charge in [0.25, 0.3) is 0 Å². The van der Waals surface area contributed by atoms with E-state index < -0.39 is 11.6 Å². The highest BCUT2D eigenvalue weighted by molar-refractivity contribution is 5.22. The second-order valence-corrected chi connectivity index (χ2v) is 5.20. The molecule has 0 unspecified atom stereocenters. The highest BCUT2D eigenvalue weighted by atomic mass is 19.1. The van der Waals surface area contributed by atoms with E-state index in [2.05, 4.69) is 18.8 Å². The first kappa shape index (κ1) is 16.3. The lowest BCUT2D eigenvalue weighted by Gasteiger charge is -2.06. The van der Waals surface area contributed by atoms with E-state index in [1.807, 2.05) is 24.4 Å². The first-order valence-corrected chi connectivity index (χ1v) is 6.78. The highest BCUT2D eigenvalue weighted by Crippen LogP contribution is 2.20. The van der Waals surface area contributed by atoms with Crippen LogP contribution in [0.1, 0.15) is 50.8 Å². The molecule has 0 amide bonds. The van der Waals surface area contributed by atoms with Crippen LogP contribution in [0.15, 0.2) is 42.6 Å². The Morgan fingerprint density at radius 1 is 0.800 bits per heavy atom. The Morgan fingerprint density at radius 2 is 1.40 bits per heavy atom. The fourth-order valence-electron chi connectivity index (χ4n) is 1.78. The van der Waals surface area contributed by atoms with Gasteiger partial charge in [-0.3, -0.25) is 4.98 Å². The molecule has 0 atom stereocenters. The number of nitrogens with zero attached hydrogens (tertiary/aromatic N) is 1. The van der Waals surface area contributed by atoms with E-state index in [9.17, 15) is 8.78 Å². The van der Waals surface area contributed by atoms with Crippen LogP contribution in [0.4, 0.5) is 8.78 Å². The van der Waals surface area contributed by atoms with Crippen LogP contribution in [0.2, 0.25) is 0 Å². The van der Waals surface area contributed by atoms with Crippen LogP contribution in [0.3, 0.4) is 0 Å². The summed E-state index contributed by atoms with van der Waals surface area (Å²) in [5.41, 5.74) is 1.34. The summed E-state index contributed by atoms with van der Waals surface area (Å²) in [6.07, 6.45) is 1.83. The minimum atomic E-state index is -0.458. The van der Waals surface area contributed by atoms with Crippen molar-refractivity contribution >= 4 is 0 Å². The Hall–Kier alpha value is -1.77. The first-order chi connectivity index (χ1) is 9.43. The van der Waals surface area contributed by atoms with Crippen LogP contribution in [0.5, 0.6) is 0 Å². The molecule has 0 aliphatic rings. The molecule has 0 saturated carbocycles. The molecule has 1 heterocycles. The van der Waals surface area contributed by atoms with E-state index in [0.29, 0.717) is 5.92 Å². The molecule has 0 bridgehead atoms. The highest BCUT2D eigenvalue weighted by Gasteiger charge is 2.10. The first-order valence-electron chi connectivity index (χ1n) is 6.78. The third-order valence-corrected chi connectivity index (χ3v) is 2.86. The Balaban J connectivity index is 0.000000204. The molecule has 0 aliphatic carbocycles. The van der Waals surface area contributed by atoms with Crippen molar-refractivity contribution in [1.82, 2.24) is 4.98 Å². The zero-order chi connectivity index (χ0) is 15.1. The minimum Gasteiger partial charge on any atom is -0.261 e. The topological polar surface area (TPSA) is 12.9 Å². The average Bonchev–Trinajstić information content (AvgIpc) is 2.40. The number of hydrogen-bond acceptors (Lipinski definition) is 1. The summed E-state index contributed by atoms with van der Waals surface area (Å²) in [7, 11) is 0. The molecule has 0 aliphatic heterocycles. The van der Waals surface area contributed by atoms with Crippen molar-refractivity contribution < 1.29 is 8.78 Å². The van der Waals surface area contributed by atoms with Crippen molar-refractivity contribution in [2.45, 2.75) is 39.5 Å². The molecule has 1 aromatic heterocycles. The quantitative estimate of drug-likeness (QED) is 0.726. The lowest BCUT2D eigenvalue weighted by molar-refractivity contribution is 0.542. The molecule has 0 saturated heterocycles. The number of aromatic nitrogens is 1. The van der Waals surface area contributed by atoms with Crippen molar-refractivity contribution in [2.75, 3.05) is 0 Å². The lowest BCUT2D eigenvalue weighted by atomic mass is 10.0. The molecular formula is C17H21F2N. The summed E-state index contributed by atoms with van der Waals surface area (Å²) in [5, 5.41) is 0. The maximum Gasteiger partial charge on any atom is 0.129 e. The van der Waals surface area contributed by atoms with Crippen LogP contribution < -0.4 is 0 Å². The molecule has 0 fully saturated rings. The van der Waals surface area contributed by atoms with Crippen molar-refractivity contribution in [3.8, 4) is 0 Å². The van der Waals surface area contributed by atoms with Crippen LogP contribution in [-0.2, 0) is 0 Å². The second-order valence-electron chi connectivity index (χ2n) is 5.20. The van der Waals surface area contributed by atoms with Gasteiger partial charge in [-0.25, -0.2) is 8.78 Å². The number of hydrogen-bond donors (Lipinski definition) is 0. The van der Waals surface area contributed by atoms with Crippen molar-refractivity contribution in [3.63, 3.8) is 0 Å². The van der Waals surface area contributed by atoms with E-state index in [1.165, 1.54) is 18.2 Å². The van der Waals surface area contributed by atoms with Crippen molar-refractivity contribution in [1.29, 1.82) is 0 Å². The molecule has 3 heteroatoms. The van der Waals surface area contributed by atoms with Gasteiger partial charge in [-0.2, -0.15) is 0 Å². The molecule has 0 spiro atoms. The average molecular weight is 277 g/mol. The lowest BCUT2D eigenvalue weighted by Crippen LogP contribution is -1.96. The van der Waals surface area contributed by atoms with E-state index in [4.69, 9.17) is 0 Å². The summed E-state index contributed by atoms with van der Waals surface area (Å²) in [6, 6.07) is 9.92. The fraction of sp³-hybridized carbons (Fsp3) is 0.353. The fourth-order valence-corrected chi connectivity index (χ4v) is 1.78. The Kier molecular flexibility index (Phi) is 6.29. The second kappa shape index (κ2) is 7.73. The summed E-state index contributed by atoms with van der Waals surface area (Å²) in [6.45, 7) is 7.81. The molecular weight excluding hydrogens is 256 g/mol. The minimum absolute atomic E-state index is 0.101. The van der Waals surface area contributed by atoms with Gasteiger partial charge in [-0.05, 0) is 36.1 Å². The zero-order valence-corrected chi connectivity index (χ0v) is 12.4. The van der Waals surface area contributed by atoms with E-state index in [-0.39, 0.29) is 11.5 Å². The molecule has 1 nitrogen and oxygen atoms in total. The molecule has 1 aromatic carbocycles. The maximum absolute atomic E-state index is 12.9. The smallest absolute Gasteiger partial charge is 0.129 e. The largest absolute Gasteiger partial charge is 0.261 e. The van der Waals surface area contributed by atoms with Crippen molar-refractivity contribution in [2.24, 2.45) is 0 Å². The van der Waals surface area contributed by atoms with Crippen molar-refractivity contribution in [3.05, 3.63) is 65.5 Å². The Bertz CT molecular complexity index is 502. The van der Waals surface area contributed by atoms with Gasteiger partial charge in [0.2, 0.25) is 0 Å². The Labute approximate surface area is 119 Å². The summed E-state index contributed by atoms with van der Waals surface area (Å²) in [5.74, 6) is -0.470. The zero-order valence-electron chi connectivity index (χ0n) is 12.4. The summed E-state index contributed by atoms with van der Waals surface area (Å²) in [4.78, 5) is 4.18. The van der Waals surface area contributed by atoms with Gasteiger partial charge < -0.3 is 0 Å². The normalized spacial score (nSPS) is 10.4. The maximum atomic E-state index is 12.9. The van der Waals surface area contributed by atoms with Crippen LogP contribution in [0.25, 0.3) is 0 Å². The SMILES string of the molecule is CC(C)c1c(F)cccc1F.CC(C)c1ccccn1. The van der Waals surface area contributed by atoms with Crippen LogP contribution in [0, 0.1) is 11.6 Å². The Morgan fingerprint density at radius 3 is 1.70 bits per heavy atom. The van der Waals surface area contributed by atoms with E-state index in [0.717, 1.165) is 5.69 Å². The predicted molar refractivity (Wildman–Crippen MR) is 78.8 cm³/mol. The van der Waals surface area contributed by atoms with Gasteiger partial charge in [0, 0.05) is 17.5 Å². The summed E-state index contributed by atoms with van der Waals surface area (Å²) < 4.78 is 25.7. The van der Waals surface area contributed by atoms with E-state index in [1.54, 1.807) is 13.8 Å². The van der Waals surface area contributed by atoms with Gasteiger partial charge in [-0.1, -0.05) is 39.8 Å². The molecule has 108 valence electrons. The van der Waals surface area contributed by atoms with Crippen LogP contribution in [-0.4, -0.2) is 4.98 Å². The van der Waals surface area contributed by atoms with Gasteiger partial charge in [0.15, 0.2) is 0 Å². The summed E-state index contributed by atoms with van der Waals surface area (Å²) >= 11 is 0. The molecule has 2 rings (SSSR count). The predicted octanol–water partition coefficient (Wildman–Crippen LogP) is 5.29. The van der Waals surface area contributed by atoms with Gasteiger partial charge >= 0.3 is 0 Å². The standard InChI is InChI=1S/C9H10F2.C8H11N/c1-6(2)9-7(10)4-3-5-8(9)11;1-7(2)8-5-3-4-6-9-8/h3-6H,1-2H3;3-7H,1-2H3. The monoisotopic (exact) mass is 277 g/mol. The molecule has 20 heavy (non-hydrogen) atoms. The van der Waals surface area contributed by atoms with Gasteiger partial charge in [-0.15, -0.1) is 0 Å². The number of rotatable bonds is 2. The van der Waals surface area contributed by atoms with E-state index >= 15 is 0 Å². The molecule has 2 aromatic rings. The third-order valence-electron chi connectivity index (χ3n) is 2.86. The third kappa shape index (κ3) is 4.72. The number of halogens is 2. The molecule has 0 radical (unpaired) electrons. The molecule has 0 N–H and O–H groups in total. The number of benzene rings is 1. The van der Waals surface area contributed by atoms with Crippen LogP contribution >= 0.6 is 0 Å². The van der Waals surface area contributed by atoms with Gasteiger partial charge in [0.05, 0.1) is 0 Å². The van der Waals surface area contributed by atoms with Gasteiger partial charge in [0.1, 0.15) is 11.6 Å². The number of pyridine rings is 1.